The molecular weight excluding hydrogens is 731 g/mol. The topological polar surface area (TPSA) is 74.7 Å². The van der Waals surface area contributed by atoms with E-state index in [4.69, 9.17) is 13.6 Å². The van der Waals surface area contributed by atoms with E-state index in [2.05, 4.69) is 109 Å². The zero-order valence-corrected chi connectivity index (χ0v) is 38.5. The van der Waals surface area contributed by atoms with Crippen molar-refractivity contribution in [1.29, 1.82) is 0 Å². The number of rotatable bonds is 19. The lowest BCUT2D eigenvalue weighted by Gasteiger charge is -2.43. The lowest BCUT2D eigenvalue weighted by atomic mass is 9.79. The molecule has 4 atom stereocenters. The molecule has 1 unspecified atom stereocenters. The molecule has 6 nitrogen and oxygen atoms in total. The van der Waals surface area contributed by atoms with Crippen molar-refractivity contribution in [1.82, 2.24) is 4.98 Å². The Morgan fingerprint density at radius 3 is 2.04 bits per heavy atom. The fraction of sp³-hybridized carbons (Fsp3) is 0.769. The first kappa shape index (κ1) is 46.1. The molecule has 0 aliphatic carbocycles. The number of aromatic nitrogens is 1. The predicted octanol–water partition coefficient (Wildman–Crippen LogP) is 12.1. The van der Waals surface area contributed by atoms with Gasteiger partial charge in [0.15, 0.2) is 22.4 Å². The average Bonchev–Trinajstić information content (AvgIpc) is 3.35. The van der Waals surface area contributed by atoms with Gasteiger partial charge in [-0.25, -0.2) is 4.98 Å². The number of carbonyl (C=O) groups excluding carboxylic acids is 2. The predicted molar refractivity (Wildman–Crippen MR) is 219 cm³/mol. The third-order valence-electron chi connectivity index (χ3n) is 10.7. The molecule has 1 rings (SSSR count). The summed E-state index contributed by atoms with van der Waals surface area (Å²) in [5.74, 6) is 0.156. The van der Waals surface area contributed by atoms with Gasteiger partial charge >= 0.3 is 5.97 Å². The van der Waals surface area contributed by atoms with Crippen LogP contribution in [0.5, 0.6) is 0 Å². The molecule has 0 aromatic carbocycles. The maximum Gasteiger partial charge on any atom is 0.309 e. The van der Waals surface area contributed by atoms with Gasteiger partial charge in [0.25, 0.3) is 0 Å². The molecule has 1 aromatic rings. The summed E-state index contributed by atoms with van der Waals surface area (Å²) in [6.07, 6.45) is 6.91. The molecule has 0 bridgehead atoms. The minimum Gasteiger partial charge on any atom is -0.457 e. The lowest BCUT2D eigenvalue weighted by molar-refractivity contribution is -0.152. The number of aryl methyl sites for hydroxylation is 1. The Kier molecular flexibility index (Phi) is 17.6. The largest absolute Gasteiger partial charge is 0.457 e. The van der Waals surface area contributed by atoms with Crippen LogP contribution in [0.4, 0.5) is 0 Å². The number of halogens is 1. The molecular formula is C39H70BrNO5SSi2. The van der Waals surface area contributed by atoms with Gasteiger partial charge < -0.3 is 13.6 Å². The highest BCUT2D eigenvalue weighted by atomic mass is 79.9. The van der Waals surface area contributed by atoms with Gasteiger partial charge in [-0.05, 0) is 101 Å². The molecule has 0 saturated heterocycles. The zero-order valence-electron chi connectivity index (χ0n) is 34.1. The van der Waals surface area contributed by atoms with E-state index in [0.29, 0.717) is 12.3 Å². The van der Waals surface area contributed by atoms with Crippen molar-refractivity contribution in [3.8, 4) is 0 Å². The highest BCUT2D eigenvalue weighted by Crippen LogP contribution is 2.42. The van der Waals surface area contributed by atoms with Crippen molar-refractivity contribution >= 4 is 61.7 Å². The first-order valence-electron chi connectivity index (χ1n) is 18.1. The van der Waals surface area contributed by atoms with Gasteiger partial charge in [0.2, 0.25) is 0 Å². The van der Waals surface area contributed by atoms with Gasteiger partial charge in [-0.3, -0.25) is 9.59 Å². The summed E-state index contributed by atoms with van der Waals surface area (Å²) >= 11 is 5.07. The van der Waals surface area contributed by atoms with Crippen LogP contribution >= 0.6 is 27.3 Å². The first-order valence-corrected chi connectivity index (χ1v) is 25.7. The van der Waals surface area contributed by atoms with Crippen molar-refractivity contribution in [2.24, 2.45) is 11.3 Å². The highest BCUT2D eigenvalue weighted by Gasteiger charge is 2.47. The maximum absolute atomic E-state index is 13.8. The Morgan fingerprint density at radius 2 is 1.55 bits per heavy atom. The monoisotopic (exact) mass is 799 g/mol. The molecule has 0 radical (unpaired) electrons. The standard InChI is InChI=1S/C39H70BrNO5SSi2/c1-27(19-18-20-28(2)25-44-48(14,15)37(6,7)8)21-22-33(29(3)23-32-26-47-31(5)41-32)45-35(42)24-34(39(12,13)36(43)30(4)40)46-49(16,17)38(9,10)11/h21,23,26,28,30,33-34H,18-20,22,24-25H2,1-17H3/b27-21-,29-23+/t28-,30?,33-,34-/m0/s1. The SMILES string of the molecule is C/C(=C/C[C@H](OC(=O)C[C@H](O[Si](C)(C)C(C)(C)C)C(C)(C)C(=O)C(C)Br)/C(C)=C/c1csc(C)n1)CCC[C@H](C)CO[Si](C)(C)C(C)(C)C. The smallest absolute Gasteiger partial charge is 0.309 e. The van der Waals surface area contributed by atoms with Crippen LogP contribution in [-0.4, -0.2) is 57.0 Å². The second-order valence-electron chi connectivity index (χ2n) is 17.8. The van der Waals surface area contributed by atoms with E-state index in [1.807, 2.05) is 46.1 Å². The highest BCUT2D eigenvalue weighted by molar-refractivity contribution is 9.10. The van der Waals surface area contributed by atoms with Crippen molar-refractivity contribution in [3.05, 3.63) is 33.3 Å². The number of esters is 1. The second-order valence-corrected chi connectivity index (χ2v) is 29.8. The third kappa shape index (κ3) is 14.9. The van der Waals surface area contributed by atoms with Crippen LogP contribution < -0.4 is 0 Å². The van der Waals surface area contributed by atoms with Crippen molar-refractivity contribution in [2.75, 3.05) is 6.61 Å². The number of carbonyl (C=O) groups is 2. The average molecular weight is 801 g/mol. The van der Waals surface area contributed by atoms with Crippen LogP contribution in [0.15, 0.2) is 22.6 Å². The molecule has 0 amide bonds. The van der Waals surface area contributed by atoms with E-state index < -0.39 is 34.3 Å². The number of alkyl halides is 1. The summed E-state index contributed by atoms with van der Waals surface area (Å²) in [5, 5.41) is 3.15. The van der Waals surface area contributed by atoms with Crippen LogP contribution in [0.25, 0.3) is 6.08 Å². The number of hydrogen-bond donors (Lipinski definition) is 0. The van der Waals surface area contributed by atoms with Gasteiger partial charge in [-0.1, -0.05) is 89.9 Å². The first-order chi connectivity index (χ1) is 22.1. The number of Topliss-reactive ketones (excluding diaryl/α,β-unsaturated/α-hetero) is 1. The Morgan fingerprint density at radius 1 is 0.980 bits per heavy atom. The molecule has 1 heterocycles. The van der Waals surface area contributed by atoms with Crippen LogP contribution in [0, 0.1) is 18.3 Å². The van der Waals surface area contributed by atoms with Gasteiger partial charge in [0.05, 0.1) is 28.1 Å². The number of ether oxygens (including phenoxy) is 1. The minimum atomic E-state index is -2.32. The molecule has 0 fully saturated rings. The maximum atomic E-state index is 13.8. The number of nitrogens with zero attached hydrogens (tertiary/aromatic N) is 1. The van der Waals surface area contributed by atoms with Gasteiger partial charge in [-0.15, -0.1) is 11.3 Å². The van der Waals surface area contributed by atoms with Crippen molar-refractivity contribution < 1.29 is 23.2 Å². The van der Waals surface area contributed by atoms with E-state index in [0.717, 1.165) is 42.1 Å². The summed E-state index contributed by atoms with van der Waals surface area (Å²) in [6, 6.07) is 0. The van der Waals surface area contributed by atoms with Crippen LogP contribution in [0.1, 0.15) is 126 Å². The van der Waals surface area contributed by atoms with Gasteiger partial charge in [0.1, 0.15) is 6.10 Å². The summed E-state index contributed by atoms with van der Waals surface area (Å²) in [6.45, 7) is 37.1. The molecule has 0 saturated carbocycles. The van der Waals surface area contributed by atoms with Gasteiger partial charge in [-0.2, -0.15) is 0 Å². The van der Waals surface area contributed by atoms with Gasteiger partial charge in [0, 0.05) is 23.8 Å². The molecule has 0 N–H and O–H groups in total. The Bertz CT molecular complexity index is 1290. The molecule has 0 aliphatic rings. The van der Waals surface area contributed by atoms with Crippen LogP contribution in [-0.2, 0) is 23.2 Å². The van der Waals surface area contributed by atoms with E-state index in [1.165, 1.54) is 5.57 Å². The van der Waals surface area contributed by atoms with E-state index in [9.17, 15) is 9.59 Å². The number of ketones is 1. The van der Waals surface area contributed by atoms with Crippen LogP contribution in [0.3, 0.4) is 0 Å². The van der Waals surface area contributed by atoms with Crippen LogP contribution in [0.2, 0.25) is 36.3 Å². The lowest BCUT2D eigenvalue weighted by Crippen LogP contribution is -2.51. The number of hydrogen-bond acceptors (Lipinski definition) is 7. The molecule has 1 aromatic heterocycles. The summed E-state index contributed by atoms with van der Waals surface area (Å²) < 4.78 is 19.5. The Balaban J connectivity index is 3.16. The van der Waals surface area contributed by atoms with E-state index in [-0.39, 0.29) is 33.1 Å². The van der Waals surface area contributed by atoms with Crippen molar-refractivity contribution in [2.45, 2.75) is 175 Å². The van der Waals surface area contributed by atoms with E-state index in [1.54, 1.807) is 11.3 Å². The quantitative estimate of drug-likeness (QED) is 0.0600. The van der Waals surface area contributed by atoms with E-state index >= 15 is 0 Å². The second kappa shape index (κ2) is 18.7. The summed E-state index contributed by atoms with van der Waals surface area (Å²) in [4.78, 5) is 31.4. The fourth-order valence-electron chi connectivity index (χ4n) is 4.90. The minimum absolute atomic E-state index is 0.00208. The molecule has 10 heteroatoms. The Hall–Kier alpha value is -0.916. The number of thiazole rings is 1. The molecule has 0 aliphatic heterocycles. The molecule has 0 spiro atoms. The fourth-order valence-corrected chi connectivity index (χ4v) is 8.63. The number of allylic oxidation sites excluding steroid dienone is 1. The third-order valence-corrected chi connectivity index (χ3v) is 20.9. The molecule has 282 valence electrons. The summed E-state index contributed by atoms with van der Waals surface area (Å²) in [7, 11) is -4.06. The normalized spacial score (nSPS) is 16.7. The summed E-state index contributed by atoms with van der Waals surface area (Å²) in [5.41, 5.74) is 2.20. The molecule has 49 heavy (non-hydrogen) atoms. The zero-order chi connectivity index (χ0) is 38.2. The Labute approximate surface area is 315 Å². The van der Waals surface area contributed by atoms with Crippen molar-refractivity contribution in [3.63, 3.8) is 0 Å².